The highest BCUT2D eigenvalue weighted by Crippen LogP contribution is 2.32. The summed E-state index contributed by atoms with van der Waals surface area (Å²) in [4.78, 5) is 10.7. The first-order valence-electron chi connectivity index (χ1n) is 6.83. The van der Waals surface area contributed by atoms with E-state index < -0.39 is 0 Å². The van der Waals surface area contributed by atoms with Gasteiger partial charge in [0.1, 0.15) is 11.6 Å². The highest BCUT2D eigenvalue weighted by molar-refractivity contribution is 7.13. The lowest BCUT2D eigenvalue weighted by Crippen LogP contribution is -2.07. The molecule has 2 rings (SSSR count). The molecule has 4 heteroatoms. The Labute approximate surface area is 119 Å². The van der Waals surface area contributed by atoms with Gasteiger partial charge >= 0.3 is 0 Å². The van der Waals surface area contributed by atoms with Crippen LogP contribution >= 0.6 is 11.3 Å². The van der Waals surface area contributed by atoms with Crippen LogP contribution in [0, 0.1) is 13.8 Å². The predicted molar refractivity (Wildman–Crippen MR) is 83.0 cm³/mol. The maximum Gasteiger partial charge on any atom is 0.133 e. The van der Waals surface area contributed by atoms with Crippen molar-refractivity contribution in [2.45, 2.75) is 40.5 Å². The summed E-state index contributed by atoms with van der Waals surface area (Å²) in [5.74, 6) is 1.91. The van der Waals surface area contributed by atoms with Crippen LogP contribution in [0.1, 0.15) is 37.2 Å². The Morgan fingerprint density at radius 2 is 2.00 bits per heavy atom. The van der Waals surface area contributed by atoms with E-state index in [0.717, 1.165) is 42.3 Å². The number of hydrogen-bond acceptors (Lipinski definition) is 4. The van der Waals surface area contributed by atoms with Gasteiger partial charge in [-0.15, -0.1) is 11.3 Å². The normalized spacial score (nSPS) is 10.7. The lowest BCUT2D eigenvalue weighted by molar-refractivity contribution is 0.833. The van der Waals surface area contributed by atoms with Gasteiger partial charge in [-0.25, -0.2) is 9.97 Å². The second-order valence-corrected chi connectivity index (χ2v) is 5.59. The van der Waals surface area contributed by atoms with Crippen LogP contribution in [0.2, 0.25) is 0 Å². The molecule has 0 bridgehead atoms. The molecular formula is C15H21N3S. The molecular weight excluding hydrogens is 254 g/mol. The largest absolute Gasteiger partial charge is 0.370 e. The Hall–Kier alpha value is -1.42. The zero-order valence-corrected chi connectivity index (χ0v) is 12.9. The van der Waals surface area contributed by atoms with E-state index in [1.807, 2.05) is 0 Å². The van der Waals surface area contributed by atoms with E-state index in [4.69, 9.17) is 4.98 Å². The Bertz CT molecular complexity index is 561. The van der Waals surface area contributed by atoms with Crippen LogP contribution in [0.25, 0.3) is 10.6 Å². The molecule has 0 radical (unpaired) electrons. The fraction of sp³-hybridized carbons (Fsp3) is 0.467. The van der Waals surface area contributed by atoms with Gasteiger partial charge in [0.15, 0.2) is 0 Å². The second-order valence-electron chi connectivity index (χ2n) is 4.68. The number of rotatable bonds is 5. The van der Waals surface area contributed by atoms with Gasteiger partial charge in [0.25, 0.3) is 0 Å². The van der Waals surface area contributed by atoms with Crippen LogP contribution in [-0.2, 0) is 6.42 Å². The Morgan fingerprint density at radius 3 is 2.58 bits per heavy atom. The van der Waals surface area contributed by atoms with Gasteiger partial charge in [0.2, 0.25) is 0 Å². The SMILES string of the molecule is CCCc1nc(NCC)c(C)c(-c2sccc2C)n1. The minimum Gasteiger partial charge on any atom is -0.370 e. The van der Waals surface area contributed by atoms with Crippen molar-refractivity contribution in [1.82, 2.24) is 9.97 Å². The average molecular weight is 275 g/mol. The molecule has 3 nitrogen and oxygen atoms in total. The van der Waals surface area contributed by atoms with Crippen LogP contribution in [0.4, 0.5) is 5.82 Å². The second kappa shape index (κ2) is 6.15. The van der Waals surface area contributed by atoms with Crippen molar-refractivity contribution in [3.05, 3.63) is 28.4 Å². The van der Waals surface area contributed by atoms with Gasteiger partial charge in [-0.1, -0.05) is 6.92 Å². The van der Waals surface area contributed by atoms with Gasteiger partial charge in [0.05, 0.1) is 10.6 Å². The van der Waals surface area contributed by atoms with Crippen LogP contribution in [0.5, 0.6) is 0 Å². The molecule has 0 aliphatic rings. The summed E-state index contributed by atoms with van der Waals surface area (Å²) >= 11 is 1.75. The first-order chi connectivity index (χ1) is 9.17. The van der Waals surface area contributed by atoms with Crippen molar-refractivity contribution in [2.24, 2.45) is 0 Å². The molecule has 0 unspecified atom stereocenters. The molecule has 2 heterocycles. The molecule has 0 saturated heterocycles. The zero-order chi connectivity index (χ0) is 13.8. The van der Waals surface area contributed by atoms with E-state index in [0.29, 0.717) is 0 Å². The molecule has 0 aliphatic heterocycles. The first-order valence-corrected chi connectivity index (χ1v) is 7.71. The van der Waals surface area contributed by atoms with Crippen molar-refractivity contribution in [3.63, 3.8) is 0 Å². The Kier molecular flexibility index (Phi) is 4.53. The number of nitrogens with one attached hydrogen (secondary N) is 1. The summed E-state index contributed by atoms with van der Waals surface area (Å²) in [6.45, 7) is 9.37. The monoisotopic (exact) mass is 275 g/mol. The molecule has 2 aromatic heterocycles. The number of anilines is 1. The fourth-order valence-electron chi connectivity index (χ4n) is 2.07. The van der Waals surface area contributed by atoms with E-state index in [2.05, 4.69) is 49.4 Å². The van der Waals surface area contributed by atoms with Crippen molar-refractivity contribution in [2.75, 3.05) is 11.9 Å². The Morgan fingerprint density at radius 1 is 1.21 bits per heavy atom. The molecule has 1 N–H and O–H groups in total. The van der Waals surface area contributed by atoms with Crippen LogP contribution < -0.4 is 5.32 Å². The van der Waals surface area contributed by atoms with Crippen molar-refractivity contribution >= 4 is 17.2 Å². The third kappa shape index (κ3) is 2.95. The first kappa shape index (κ1) is 14.0. The maximum atomic E-state index is 4.77. The predicted octanol–water partition coefficient (Wildman–Crippen LogP) is 4.21. The molecule has 0 amide bonds. The summed E-state index contributed by atoms with van der Waals surface area (Å²) < 4.78 is 0. The summed E-state index contributed by atoms with van der Waals surface area (Å²) in [5.41, 5.74) is 3.52. The molecule has 0 spiro atoms. The quantitative estimate of drug-likeness (QED) is 0.888. The average Bonchev–Trinajstić information content (AvgIpc) is 2.80. The van der Waals surface area contributed by atoms with Crippen molar-refractivity contribution in [3.8, 4) is 10.6 Å². The van der Waals surface area contributed by atoms with Crippen LogP contribution in [0.15, 0.2) is 11.4 Å². The molecule has 0 saturated carbocycles. The number of aryl methyl sites for hydroxylation is 2. The molecule has 0 aliphatic carbocycles. The van der Waals surface area contributed by atoms with E-state index in [-0.39, 0.29) is 0 Å². The number of nitrogens with zero attached hydrogens (tertiary/aromatic N) is 2. The fourth-order valence-corrected chi connectivity index (χ4v) is 3.05. The van der Waals surface area contributed by atoms with E-state index in [9.17, 15) is 0 Å². The minimum atomic E-state index is 0.881. The molecule has 102 valence electrons. The zero-order valence-electron chi connectivity index (χ0n) is 12.1. The van der Waals surface area contributed by atoms with E-state index in [1.54, 1.807) is 11.3 Å². The Balaban J connectivity index is 2.55. The van der Waals surface area contributed by atoms with Gasteiger partial charge in [0, 0.05) is 18.5 Å². The van der Waals surface area contributed by atoms with E-state index >= 15 is 0 Å². The summed E-state index contributed by atoms with van der Waals surface area (Å²) in [7, 11) is 0. The summed E-state index contributed by atoms with van der Waals surface area (Å²) in [6.07, 6.45) is 1.99. The smallest absolute Gasteiger partial charge is 0.133 e. The lowest BCUT2D eigenvalue weighted by Gasteiger charge is -2.13. The standard InChI is InChI=1S/C15H21N3S/c1-5-7-12-17-13(14-10(3)8-9-19-14)11(4)15(18-12)16-6-2/h8-9H,5-7H2,1-4H3,(H,16,17,18). The number of hydrogen-bond donors (Lipinski definition) is 1. The molecule has 19 heavy (non-hydrogen) atoms. The van der Waals surface area contributed by atoms with Crippen molar-refractivity contribution < 1.29 is 0 Å². The van der Waals surface area contributed by atoms with E-state index in [1.165, 1.54) is 10.4 Å². The highest BCUT2D eigenvalue weighted by Gasteiger charge is 2.14. The number of thiophene rings is 1. The van der Waals surface area contributed by atoms with Crippen LogP contribution in [-0.4, -0.2) is 16.5 Å². The lowest BCUT2D eigenvalue weighted by atomic mass is 10.1. The molecule has 2 aromatic rings. The topological polar surface area (TPSA) is 37.8 Å². The molecule has 0 aromatic carbocycles. The van der Waals surface area contributed by atoms with Crippen LogP contribution in [0.3, 0.4) is 0 Å². The minimum absolute atomic E-state index is 0.881. The number of aromatic nitrogens is 2. The van der Waals surface area contributed by atoms with Gasteiger partial charge in [-0.2, -0.15) is 0 Å². The third-order valence-electron chi connectivity index (χ3n) is 3.09. The summed E-state index contributed by atoms with van der Waals surface area (Å²) in [5, 5.41) is 5.47. The highest BCUT2D eigenvalue weighted by atomic mass is 32.1. The van der Waals surface area contributed by atoms with Gasteiger partial charge < -0.3 is 5.32 Å². The summed E-state index contributed by atoms with van der Waals surface area (Å²) in [6, 6.07) is 2.15. The third-order valence-corrected chi connectivity index (χ3v) is 4.11. The maximum absolute atomic E-state index is 4.77. The van der Waals surface area contributed by atoms with Crippen molar-refractivity contribution in [1.29, 1.82) is 0 Å². The molecule has 0 fully saturated rings. The van der Waals surface area contributed by atoms with Gasteiger partial charge in [-0.05, 0) is 44.2 Å². The molecule has 0 atom stereocenters. The van der Waals surface area contributed by atoms with Gasteiger partial charge in [-0.3, -0.25) is 0 Å².